The van der Waals surface area contributed by atoms with Crippen molar-refractivity contribution in [3.8, 4) is 0 Å². The fraction of sp³-hybridized carbons (Fsp3) is 0.364. The van der Waals surface area contributed by atoms with Gasteiger partial charge >= 0.3 is 0 Å². The molecule has 0 radical (unpaired) electrons. The molecule has 14 heavy (non-hydrogen) atoms. The molecule has 0 amide bonds. The second kappa shape index (κ2) is 3.70. The molecule has 0 aromatic heterocycles. The van der Waals surface area contributed by atoms with Crippen molar-refractivity contribution in [3.05, 3.63) is 35.6 Å². The topological polar surface area (TPSA) is 17.1 Å². The molecule has 1 aliphatic carbocycles. The van der Waals surface area contributed by atoms with Gasteiger partial charge in [-0.1, -0.05) is 18.2 Å². The van der Waals surface area contributed by atoms with Crippen LogP contribution in [-0.4, -0.2) is 11.7 Å². The van der Waals surface area contributed by atoms with E-state index < -0.39 is 0 Å². The second-order valence-corrected chi connectivity index (χ2v) is 4.16. The van der Waals surface area contributed by atoms with Crippen LogP contribution in [-0.2, 0) is 4.79 Å². The van der Waals surface area contributed by atoms with E-state index in [0.29, 0.717) is 5.56 Å². The van der Waals surface area contributed by atoms with E-state index in [4.69, 9.17) is 11.6 Å². The maximum atomic E-state index is 13.3. The quantitative estimate of drug-likeness (QED) is 0.556. The molecule has 0 heterocycles. The smallest absolute Gasteiger partial charge is 0.127 e. The van der Waals surface area contributed by atoms with Crippen molar-refractivity contribution in [2.24, 2.45) is 5.92 Å². The zero-order chi connectivity index (χ0) is 10.1. The number of alkyl halides is 1. The van der Waals surface area contributed by atoms with Crippen LogP contribution in [0.15, 0.2) is 24.3 Å². The van der Waals surface area contributed by atoms with Crippen LogP contribution in [0, 0.1) is 11.7 Å². The Kier molecular flexibility index (Phi) is 2.55. The van der Waals surface area contributed by atoms with Crippen LogP contribution in [0.25, 0.3) is 0 Å². The highest BCUT2D eigenvalue weighted by atomic mass is 35.5. The number of benzene rings is 1. The Morgan fingerprint density at radius 1 is 1.50 bits per heavy atom. The predicted octanol–water partition coefficient (Wildman–Crippen LogP) is 2.74. The van der Waals surface area contributed by atoms with Crippen molar-refractivity contribution in [1.82, 2.24) is 0 Å². The third-order valence-corrected chi connectivity index (χ3v) is 3.13. The molecule has 0 spiro atoms. The summed E-state index contributed by atoms with van der Waals surface area (Å²) in [6, 6.07) is 6.38. The molecule has 1 aliphatic rings. The molecule has 3 heteroatoms. The van der Waals surface area contributed by atoms with E-state index in [0.717, 1.165) is 12.7 Å². The standard InChI is InChI=1S/C11H10ClFO/c12-10-5-8(10)9(6-14)7-3-1-2-4-11(7)13/h1-4,6,8-10H,5H2. The van der Waals surface area contributed by atoms with Crippen LogP contribution in [0.5, 0.6) is 0 Å². The number of carbonyl (C=O) groups excluding carboxylic acids is 1. The highest BCUT2D eigenvalue weighted by Gasteiger charge is 2.42. The minimum atomic E-state index is -0.376. The minimum Gasteiger partial charge on any atom is -0.303 e. The van der Waals surface area contributed by atoms with Crippen molar-refractivity contribution in [1.29, 1.82) is 0 Å². The summed E-state index contributed by atoms with van der Waals surface area (Å²) >= 11 is 5.85. The van der Waals surface area contributed by atoms with Gasteiger partial charge in [0.15, 0.2) is 0 Å². The Morgan fingerprint density at radius 2 is 2.14 bits per heavy atom. The predicted molar refractivity (Wildman–Crippen MR) is 53.0 cm³/mol. The monoisotopic (exact) mass is 212 g/mol. The van der Waals surface area contributed by atoms with Gasteiger partial charge in [0.05, 0.1) is 0 Å². The van der Waals surface area contributed by atoms with E-state index in [2.05, 4.69) is 0 Å². The van der Waals surface area contributed by atoms with E-state index in [1.165, 1.54) is 6.07 Å². The van der Waals surface area contributed by atoms with Gasteiger partial charge in [-0.05, 0) is 24.0 Å². The van der Waals surface area contributed by atoms with Crippen molar-refractivity contribution >= 4 is 17.9 Å². The Morgan fingerprint density at radius 3 is 2.64 bits per heavy atom. The third kappa shape index (κ3) is 1.67. The molecule has 74 valence electrons. The maximum absolute atomic E-state index is 13.3. The van der Waals surface area contributed by atoms with E-state index in [1.807, 2.05) is 0 Å². The van der Waals surface area contributed by atoms with Gasteiger partial charge in [-0.3, -0.25) is 0 Å². The summed E-state index contributed by atoms with van der Waals surface area (Å²) in [5.74, 6) is -0.579. The zero-order valence-electron chi connectivity index (χ0n) is 7.49. The molecule has 1 nitrogen and oxygen atoms in total. The average Bonchev–Trinajstić information content (AvgIpc) is 2.88. The van der Waals surface area contributed by atoms with Gasteiger partial charge in [-0.25, -0.2) is 4.39 Å². The molecule has 1 aromatic rings. The van der Waals surface area contributed by atoms with Crippen molar-refractivity contribution in [2.45, 2.75) is 17.7 Å². The van der Waals surface area contributed by atoms with Crippen molar-refractivity contribution in [3.63, 3.8) is 0 Å². The molecule has 0 N–H and O–H groups in total. The van der Waals surface area contributed by atoms with E-state index >= 15 is 0 Å². The van der Waals surface area contributed by atoms with E-state index in [9.17, 15) is 9.18 Å². The molecule has 3 unspecified atom stereocenters. The zero-order valence-corrected chi connectivity index (χ0v) is 8.25. The SMILES string of the molecule is O=CC(c1ccccc1F)C1CC1Cl. The number of aldehydes is 1. The van der Waals surface area contributed by atoms with Gasteiger partial charge in [0.25, 0.3) is 0 Å². The number of halogens is 2. The first-order chi connectivity index (χ1) is 6.74. The Bertz CT molecular complexity index is 353. The lowest BCUT2D eigenvalue weighted by atomic mass is 9.95. The van der Waals surface area contributed by atoms with E-state index in [-0.39, 0.29) is 23.0 Å². The molecule has 1 aromatic carbocycles. The summed E-state index contributed by atoms with van der Waals surface area (Å²) in [4.78, 5) is 10.9. The summed E-state index contributed by atoms with van der Waals surface area (Å²) < 4.78 is 13.3. The number of carbonyl (C=O) groups is 1. The van der Waals surface area contributed by atoms with Crippen LogP contribution < -0.4 is 0 Å². The highest BCUT2D eigenvalue weighted by Crippen LogP contribution is 2.46. The Labute approximate surface area is 86.9 Å². The molecule has 1 saturated carbocycles. The van der Waals surface area contributed by atoms with Gasteiger partial charge < -0.3 is 4.79 Å². The van der Waals surface area contributed by atoms with Gasteiger partial charge in [0, 0.05) is 11.3 Å². The average molecular weight is 213 g/mol. The summed E-state index contributed by atoms with van der Waals surface area (Å²) in [7, 11) is 0. The normalized spacial score (nSPS) is 27.0. The largest absolute Gasteiger partial charge is 0.303 e. The summed E-state index contributed by atoms with van der Waals surface area (Å²) in [6.07, 6.45) is 1.60. The third-order valence-electron chi connectivity index (χ3n) is 2.63. The Hall–Kier alpha value is -0.890. The summed E-state index contributed by atoms with van der Waals surface area (Å²) in [5, 5.41) is 0.0322. The lowest BCUT2D eigenvalue weighted by Crippen LogP contribution is -2.06. The van der Waals surface area contributed by atoms with Gasteiger partial charge in [-0.2, -0.15) is 0 Å². The fourth-order valence-electron chi connectivity index (χ4n) is 1.70. The van der Waals surface area contributed by atoms with Crippen LogP contribution in [0.4, 0.5) is 4.39 Å². The van der Waals surface area contributed by atoms with Crippen LogP contribution in [0.2, 0.25) is 0 Å². The second-order valence-electron chi connectivity index (χ2n) is 3.60. The Balaban J connectivity index is 2.28. The molecule has 0 bridgehead atoms. The summed E-state index contributed by atoms with van der Waals surface area (Å²) in [5.41, 5.74) is 0.468. The van der Waals surface area contributed by atoms with Gasteiger partial charge in [-0.15, -0.1) is 11.6 Å². The van der Waals surface area contributed by atoms with Crippen LogP contribution in [0.3, 0.4) is 0 Å². The van der Waals surface area contributed by atoms with Crippen LogP contribution >= 0.6 is 11.6 Å². The highest BCUT2D eigenvalue weighted by molar-refractivity contribution is 6.22. The molecule has 1 fully saturated rings. The fourth-order valence-corrected chi connectivity index (χ4v) is 2.07. The first kappa shape index (κ1) is 9.66. The van der Waals surface area contributed by atoms with Crippen molar-refractivity contribution < 1.29 is 9.18 Å². The molecule has 0 aliphatic heterocycles. The van der Waals surface area contributed by atoms with Crippen molar-refractivity contribution in [2.75, 3.05) is 0 Å². The number of hydrogen-bond donors (Lipinski definition) is 0. The molecular weight excluding hydrogens is 203 g/mol. The van der Waals surface area contributed by atoms with Gasteiger partial charge in [0.1, 0.15) is 12.1 Å². The van der Waals surface area contributed by atoms with E-state index in [1.54, 1.807) is 18.2 Å². The molecule has 2 rings (SSSR count). The first-order valence-electron chi connectivity index (χ1n) is 4.58. The first-order valence-corrected chi connectivity index (χ1v) is 5.01. The minimum absolute atomic E-state index is 0.0322. The molecular formula is C11H10ClFO. The lowest BCUT2D eigenvalue weighted by molar-refractivity contribution is -0.109. The molecule has 0 saturated heterocycles. The number of hydrogen-bond acceptors (Lipinski definition) is 1. The number of rotatable bonds is 3. The van der Waals surface area contributed by atoms with Crippen LogP contribution in [0.1, 0.15) is 17.9 Å². The molecule has 3 atom stereocenters. The summed E-state index contributed by atoms with van der Waals surface area (Å²) in [6.45, 7) is 0. The lowest BCUT2D eigenvalue weighted by Gasteiger charge is -2.09. The van der Waals surface area contributed by atoms with Gasteiger partial charge in [0.2, 0.25) is 0 Å². The maximum Gasteiger partial charge on any atom is 0.127 e.